The summed E-state index contributed by atoms with van der Waals surface area (Å²) in [5.74, 6) is 0. The average molecular weight is 188 g/mol. The molecular formula is AgO3S-2. The van der Waals surface area contributed by atoms with Crippen molar-refractivity contribution in [3.63, 3.8) is 0 Å². The molecule has 5 heavy (non-hydrogen) atoms. The van der Waals surface area contributed by atoms with E-state index in [4.69, 9.17) is 13.3 Å². The molecule has 0 heterocycles. The van der Waals surface area contributed by atoms with Gasteiger partial charge in [-0.2, -0.15) is 0 Å². The van der Waals surface area contributed by atoms with Crippen LogP contribution in [0.25, 0.3) is 0 Å². The minimum Gasteiger partial charge on any atom is -0.784 e. The van der Waals surface area contributed by atoms with Gasteiger partial charge in [0.15, 0.2) is 0 Å². The van der Waals surface area contributed by atoms with Crippen LogP contribution in [0.1, 0.15) is 0 Å². The Morgan fingerprint density at radius 2 is 1.40 bits per heavy atom. The molecule has 0 aliphatic rings. The summed E-state index contributed by atoms with van der Waals surface area (Å²) in [6.07, 6.45) is 0. The second-order valence-electron chi connectivity index (χ2n) is 0.204. The molecule has 0 spiro atoms. The number of hydrogen-bond donors (Lipinski definition) is 0. The molecule has 0 aromatic carbocycles. The third-order valence-electron chi connectivity index (χ3n) is 0. The van der Waals surface area contributed by atoms with Gasteiger partial charge in [-0.05, 0) is 0 Å². The molecule has 37 valence electrons. The van der Waals surface area contributed by atoms with Crippen LogP contribution in [-0.2, 0) is 33.7 Å². The largest absolute Gasteiger partial charge is 0.784 e. The number of rotatable bonds is 0. The van der Waals surface area contributed by atoms with Gasteiger partial charge in [0.2, 0.25) is 0 Å². The van der Waals surface area contributed by atoms with Crippen LogP contribution in [0.4, 0.5) is 0 Å². The Labute approximate surface area is 47.4 Å². The topological polar surface area (TPSA) is 63.2 Å². The van der Waals surface area contributed by atoms with Gasteiger partial charge in [0.25, 0.3) is 0 Å². The third kappa shape index (κ3) is 57.9. The van der Waals surface area contributed by atoms with Crippen LogP contribution in [0.15, 0.2) is 0 Å². The van der Waals surface area contributed by atoms with Crippen molar-refractivity contribution < 1.29 is 35.7 Å². The summed E-state index contributed by atoms with van der Waals surface area (Å²) in [6, 6.07) is 0. The maximum Gasteiger partial charge on any atom is 0 e. The molecule has 0 saturated heterocycles. The Morgan fingerprint density at radius 1 is 1.40 bits per heavy atom. The van der Waals surface area contributed by atoms with Crippen LogP contribution in [0.5, 0.6) is 0 Å². The van der Waals surface area contributed by atoms with E-state index >= 15 is 0 Å². The van der Waals surface area contributed by atoms with Crippen molar-refractivity contribution in [1.29, 1.82) is 0 Å². The van der Waals surface area contributed by atoms with E-state index < -0.39 is 11.4 Å². The van der Waals surface area contributed by atoms with E-state index in [0.717, 1.165) is 0 Å². The van der Waals surface area contributed by atoms with Crippen LogP contribution in [0.2, 0.25) is 0 Å². The Kier molecular flexibility index (Phi) is 8.91. The van der Waals surface area contributed by atoms with E-state index in [1.165, 1.54) is 0 Å². The summed E-state index contributed by atoms with van der Waals surface area (Å²) in [5, 5.41) is 0. The molecule has 1 radical (unpaired) electrons. The molecule has 0 bridgehead atoms. The summed E-state index contributed by atoms with van der Waals surface area (Å²) < 4.78 is 25.3. The Balaban J connectivity index is 0. The fourth-order valence-electron chi connectivity index (χ4n) is 0. The third-order valence-corrected chi connectivity index (χ3v) is 0. The van der Waals surface area contributed by atoms with Gasteiger partial charge in [-0.15, -0.1) is 11.4 Å². The molecule has 0 aromatic heterocycles. The Morgan fingerprint density at radius 3 is 1.40 bits per heavy atom. The fourth-order valence-corrected chi connectivity index (χ4v) is 0. The Hall–Kier alpha value is 0.810. The monoisotopic (exact) mass is 187 g/mol. The second kappa shape index (κ2) is 4.81. The number of hydrogen-bond acceptors (Lipinski definition) is 3. The standard InChI is InChI=1S/Ag.H2O3S/c;1-4(2)3/h;(H2,1,2,3)/p-2. The molecule has 0 atom stereocenters. The van der Waals surface area contributed by atoms with Crippen molar-refractivity contribution in [1.82, 2.24) is 0 Å². The van der Waals surface area contributed by atoms with Crippen molar-refractivity contribution in [2.75, 3.05) is 0 Å². The van der Waals surface area contributed by atoms with Gasteiger partial charge in [0.1, 0.15) is 0 Å². The van der Waals surface area contributed by atoms with Gasteiger partial charge in [-0.25, -0.2) is 0 Å². The molecule has 0 rings (SSSR count). The SMILES string of the molecule is O=S([O-])[O-].[Ag]. The maximum atomic E-state index is 8.44. The zero-order valence-electron chi connectivity index (χ0n) is 1.93. The van der Waals surface area contributed by atoms with Gasteiger partial charge in [-0.1, -0.05) is 0 Å². The molecule has 0 unspecified atom stereocenters. The first-order chi connectivity index (χ1) is 1.73. The fraction of sp³-hybridized carbons (Fsp3) is 0. The van der Waals surface area contributed by atoms with Crippen LogP contribution >= 0.6 is 0 Å². The van der Waals surface area contributed by atoms with Crippen LogP contribution in [-0.4, -0.2) is 13.3 Å². The van der Waals surface area contributed by atoms with E-state index in [1.807, 2.05) is 0 Å². The van der Waals surface area contributed by atoms with Crippen molar-refractivity contribution >= 4 is 11.4 Å². The van der Waals surface area contributed by atoms with Gasteiger partial charge in [-0.3, -0.25) is 4.21 Å². The summed E-state index contributed by atoms with van der Waals surface area (Å²) >= 11 is -3.11. The zero-order valence-corrected chi connectivity index (χ0v) is 4.23. The molecule has 0 aliphatic carbocycles. The van der Waals surface area contributed by atoms with Gasteiger partial charge in [0.05, 0.1) is 0 Å². The summed E-state index contributed by atoms with van der Waals surface area (Å²) in [5.41, 5.74) is 0. The average Bonchev–Trinajstić information content (AvgIpc) is 0.811. The summed E-state index contributed by atoms with van der Waals surface area (Å²) in [7, 11) is 0. The molecule has 0 amide bonds. The van der Waals surface area contributed by atoms with Gasteiger partial charge < -0.3 is 9.11 Å². The van der Waals surface area contributed by atoms with Gasteiger partial charge >= 0.3 is 0 Å². The van der Waals surface area contributed by atoms with E-state index in [-0.39, 0.29) is 22.4 Å². The van der Waals surface area contributed by atoms with Crippen LogP contribution in [0.3, 0.4) is 0 Å². The van der Waals surface area contributed by atoms with Crippen LogP contribution < -0.4 is 0 Å². The summed E-state index contributed by atoms with van der Waals surface area (Å²) in [4.78, 5) is 0. The molecular weight excluding hydrogens is 188 g/mol. The van der Waals surface area contributed by atoms with E-state index in [2.05, 4.69) is 0 Å². The Bertz CT molecular complexity index is 29.9. The predicted octanol–water partition coefficient (Wildman–Crippen LogP) is -1.01. The normalized spacial score (nSPS) is 7.00. The molecule has 0 aromatic rings. The minimum atomic E-state index is -3.11. The maximum absolute atomic E-state index is 8.44. The van der Waals surface area contributed by atoms with Crippen LogP contribution in [0, 0.1) is 0 Å². The second-order valence-corrected chi connectivity index (χ2v) is 0.612. The van der Waals surface area contributed by atoms with E-state index in [0.29, 0.717) is 0 Å². The van der Waals surface area contributed by atoms with Crippen molar-refractivity contribution in [2.24, 2.45) is 0 Å². The van der Waals surface area contributed by atoms with Crippen molar-refractivity contribution in [2.45, 2.75) is 0 Å². The molecule has 0 aliphatic heterocycles. The summed E-state index contributed by atoms with van der Waals surface area (Å²) in [6.45, 7) is 0. The smallest absolute Gasteiger partial charge is 0 e. The minimum absolute atomic E-state index is 0. The molecule has 0 fully saturated rings. The first kappa shape index (κ1) is 9.26. The van der Waals surface area contributed by atoms with E-state index in [9.17, 15) is 0 Å². The molecule has 3 nitrogen and oxygen atoms in total. The molecule has 5 heteroatoms. The quantitative estimate of drug-likeness (QED) is 0.361. The molecule has 0 N–H and O–H groups in total. The van der Waals surface area contributed by atoms with E-state index in [1.54, 1.807) is 0 Å². The predicted molar refractivity (Wildman–Crippen MR) is 9.70 cm³/mol. The van der Waals surface area contributed by atoms with Gasteiger partial charge in [0, 0.05) is 22.4 Å². The first-order valence-corrected chi connectivity index (χ1v) is 1.50. The zero-order chi connectivity index (χ0) is 3.58. The molecule has 0 saturated carbocycles. The first-order valence-electron chi connectivity index (χ1n) is 0.500. The van der Waals surface area contributed by atoms with Crippen molar-refractivity contribution in [3.05, 3.63) is 0 Å². The van der Waals surface area contributed by atoms with Crippen molar-refractivity contribution in [3.8, 4) is 0 Å².